The normalized spacial score (nSPS) is 10.4. The van der Waals surface area contributed by atoms with Crippen molar-refractivity contribution in [1.29, 1.82) is 0 Å². The number of hydrogen-bond acceptors (Lipinski definition) is 4. The molecule has 0 aliphatic carbocycles. The second-order valence-electron chi connectivity index (χ2n) is 4.67. The molecule has 3 N–H and O–H groups in total. The van der Waals surface area contributed by atoms with E-state index in [2.05, 4.69) is 15.7 Å². The highest BCUT2D eigenvalue weighted by molar-refractivity contribution is 5.99. The smallest absolute Gasteiger partial charge is 0.271 e. The Kier molecular flexibility index (Phi) is 3.93. The van der Waals surface area contributed by atoms with Gasteiger partial charge in [0.05, 0.1) is 0 Å². The SMILES string of the molecule is NCc1c(-c2ccccc2)nnn1NC(=O)c1ccccc1. The molecule has 110 valence electrons. The van der Waals surface area contributed by atoms with Crippen LogP contribution in [0.1, 0.15) is 16.1 Å². The molecule has 1 amide bonds. The first kappa shape index (κ1) is 14.0. The van der Waals surface area contributed by atoms with Gasteiger partial charge in [0.25, 0.3) is 5.91 Å². The molecule has 6 heteroatoms. The molecule has 0 spiro atoms. The summed E-state index contributed by atoms with van der Waals surface area (Å²) in [4.78, 5) is 13.5. The number of nitrogens with two attached hydrogens (primary N) is 1. The van der Waals surface area contributed by atoms with Crippen molar-refractivity contribution in [3.05, 3.63) is 71.9 Å². The molecule has 0 aliphatic heterocycles. The zero-order valence-corrected chi connectivity index (χ0v) is 11.8. The summed E-state index contributed by atoms with van der Waals surface area (Å²) in [6.45, 7) is 0.215. The number of hydrogen-bond donors (Lipinski definition) is 2. The van der Waals surface area contributed by atoms with Gasteiger partial charge in [-0.2, -0.15) is 4.79 Å². The van der Waals surface area contributed by atoms with Crippen molar-refractivity contribution < 1.29 is 4.79 Å². The Morgan fingerprint density at radius 1 is 1.05 bits per heavy atom. The summed E-state index contributed by atoms with van der Waals surface area (Å²) in [5, 5.41) is 8.11. The van der Waals surface area contributed by atoms with Gasteiger partial charge < -0.3 is 5.73 Å². The van der Waals surface area contributed by atoms with Gasteiger partial charge in [-0.15, -0.1) is 5.10 Å². The number of amides is 1. The Morgan fingerprint density at radius 3 is 2.32 bits per heavy atom. The molecule has 0 aliphatic rings. The van der Waals surface area contributed by atoms with Crippen LogP contribution < -0.4 is 11.2 Å². The van der Waals surface area contributed by atoms with Crippen molar-refractivity contribution in [1.82, 2.24) is 15.1 Å². The lowest BCUT2D eigenvalue weighted by Crippen LogP contribution is -2.26. The van der Waals surface area contributed by atoms with Crippen molar-refractivity contribution >= 4 is 5.91 Å². The summed E-state index contributed by atoms with van der Waals surface area (Å²) in [6, 6.07) is 18.5. The molecule has 2 aromatic carbocycles. The molecule has 3 aromatic rings. The third kappa shape index (κ3) is 2.72. The summed E-state index contributed by atoms with van der Waals surface area (Å²) in [5.41, 5.74) is 11.2. The fourth-order valence-corrected chi connectivity index (χ4v) is 2.15. The number of carbonyl (C=O) groups excluding carboxylic acids is 1. The monoisotopic (exact) mass is 293 g/mol. The number of nitrogens with zero attached hydrogens (tertiary/aromatic N) is 3. The Balaban J connectivity index is 1.89. The van der Waals surface area contributed by atoms with E-state index < -0.39 is 0 Å². The largest absolute Gasteiger partial charge is 0.325 e. The minimum atomic E-state index is -0.264. The summed E-state index contributed by atoms with van der Waals surface area (Å²) >= 11 is 0. The molecule has 6 nitrogen and oxygen atoms in total. The Bertz CT molecular complexity index is 768. The highest BCUT2D eigenvalue weighted by Gasteiger charge is 2.15. The number of rotatable bonds is 4. The average molecular weight is 293 g/mol. The Hall–Kier alpha value is -2.99. The average Bonchev–Trinajstić information content (AvgIpc) is 2.99. The molecule has 1 aromatic heterocycles. The summed E-state index contributed by atoms with van der Waals surface area (Å²) in [7, 11) is 0. The third-order valence-electron chi connectivity index (χ3n) is 3.25. The molecule has 0 unspecified atom stereocenters. The first-order valence-corrected chi connectivity index (χ1v) is 6.86. The molecule has 0 atom stereocenters. The van der Waals surface area contributed by atoms with Crippen LogP contribution in [0.2, 0.25) is 0 Å². The first-order valence-electron chi connectivity index (χ1n) is 6.86. The van der Waals surface area contributed by atoms with Crippen LogP contribution in [0.4, 0.5) is 0 Å². The van der Waals surface area contributed by atoms with Crippen LogP contribution in [0.25, 0.3) is 11.3 Å². The van der Waals surface area contributed by atoms with E-state index in [1.54, 1.807) is 24.3 Å². The van der Waals surface area contributed by atoms with Crippen LogP contribution in [-0.4, -0.2) is 21.0 Å². The summed E-state index contributed by atoms with van der Waals surface area (Å²) in [5.74, 6) is -0.264. The lowest BCUT2D eigenvalue weighted by molar-refractivity contribution is 0.100. The van der Waals surface area contributed by atoms with E-state index in [9.17, 15) is 4.79 Å². The lowest BCUT2D eigenvalue weighted by atomic mass is 10.1. The highest BCUT2D eigenvalue weighted by atomic mass is 16.2. The number of aromatic nitrogens is 3. The fourth-order valence-electron chi connectivity index (χ4n) is 2.15. The van der Waals surface area contributed by atoms with Crippen LogP contribution >= 0.6 is 0 Å². The number of benzene rings is 2. The van der Waals surface area contributed by atoms with Crippen LogP contribution in [0.5, 0.6) is 0 Å². The van der Waals surface area contributed by atoms with E-state index in [4.69, 9.17) is 5.73 Å². The molecule has 22 heavy (non-hydrogen) atoms. The lowest BCUT2D eigenvalue weighted by Gasteiger charge is -2.08. The molecule has 3 rings (SSSR count). The molecule has 0 fully saturated rings. The van der Waals surface area contributed by atoms with Gasteiger partial charge in [-0.1, -0.05) is 48.5 Å². The standard InChI is InChI=1S/C16H15N5O/c17-11-14-15(12-7-3-1-4-8-12)18-20-21(14)19-16(22)13-9-5-2-6-10-13/h1-10H,11,17H2,(H,19,22). The van der Waals surface area contributed by atoms with Crippen molar-refractivity contribution in [2.45, 2.75) is 6.54 Å². The quantitative estimate of drug-likeness (QED) is 0.768. The number of carbonyl (C=O) groups is 1. The zero-order chi connectivity index (χ0) is 15.4. The molecule has 0 radical (unpaired) electrons. The third-order valence-corrected chi connectivity index (χ3v) is 3.25. The van der Waals surface area contributed by atoms with Gasteiger partial charge in [0.2, 0.25) is 0 Å². The van der Waals surface area contributed by atoms with E-state index >= 15 is 0 Å². The second-order valence-corrected chi connectivity index (χ2v) is 4.67. The maximum atomic E-state index is 12.2. The van der Waals surface area contributed by atoms with Gasteiger partial charge in [0.15, 0.2) is 0 Å². The maximum Gasteiger partial charge on any atom is 0.271 e. The highest BCUT2D eigenvalue weighted by Crippen LogP contribution is 2.19. The van der Waals surface area contributed by atoms with Gasteiger partial charge in [0.1, 0.15) is 11.4 Å². The van der Waals surface area contributed by atoms with Crippen LogP contribution in [0.3, 0.4) is 0 Å². The minimum absolute atomic E-state index is 0.215. The van der Waals surface area contributed by atoms with Crippen LogP contribution in [-0.2, 0) is 6.54 Å². The molecule has 1 heterocycles. The first-order chi connectivity index (χ1) is 10.8. The topological polar surface area (TPSA) is 85.8 Å². The predicted molar refractivity (Wildman–Crippen MR) is 83.5 cm³/mol. The maximum absolute atomic E-state index is 12.2. The summed E-state index contributed by atoms with van der Waals surface area (Å²) < 4.78 is 0. The van der Waals surface area contributed by atoms with Gasteiger partial charge in [-0.3, -0.25) is 4.79 Å². The van der Waals surface area contributed by atoms with E-state index in [0.29, 0.717) is 17.0 Å². The minimum Gasteiger partial charge on any atom is -0.325 e. The van der Waals surface area contributed by atoms with Gasteiger partial charge >= 0.3 is 0 Å². The molecule has 0 saturated carbocycles. The van der Waals surface area contributed by atoms with Gasteiger partial charge in [-0.05, 0) is 17.3 Å². The number of nitrogens with one attached hydrogen (secondary N) is 1. The van der Waals surface area contributed by atoms with Crippen molar-refractivity contribution in [3.8, 4) is 11.3 Å². The molecular formula is C16H15N5O. The summed E-state index contributed by atoms with van der Waals surface area (Å²) in [6.07, 6.45) is 0. The van der Waals surface area contributed by atoms with E-state index in [0.717, 1.165) is 5.56 Å². The second kappa shape index (κ2) is 6.19. The van der Waals surface area contributed by atoms with E-state index in [1.807, 2.05) is 36.4 Å². The zero-order valence-electron chi connectivity index (χ0n) is 11.8. The Morgan fingerprint density at radius 2 is 1.68 bits per heavy atom. The molecule has 0 saturated heterocycles. The van der Waals surface area contributed by atoms with Crippen LogP contribution in [0, 0.1) is 0 Å². The van der Waals surface area contributed by atoms with Crippen LogP contribution in [0.15, 0.2) is 60.7 Å². The van der Waals surface area contributed by atoms with Crippen molar-refractivity contribution in [3.63, 3.8) is 0 Å². The van der Waals surface area contributed by atoms with E-state index in [1.165, 1.54) is 4.79 Å². The van der Waals surface area contributed by atoms with Gasteiger partial charge in [-0.25, -0.2) is 5.43 Å². The van der Waals surface area contributed by atoms with Crippen molar-refractivity contribution in [2.75, 3.05) is 5.43 Å². The molecular weight excluding hydrogens is 278 g/mol. The predicted octanol–water partition coefficient (Wildman–Crippen LogP) is 1.79. The Labute approximate surface area is 127 Å². The van der Waals surface area contributed by atoms with E-state index in [-0.39, 0.29) is 12.5 Å². The van der Waals surface area contributed by atoms with Crippen molar-refractivity contribution in [2.24, 2.45) is 5.73 Å². The van der Waals surface area contributed by atoms with Gasteiger partial charge in [0, 0.05) is 17.7 Å². The molecule has 0 bridgehead atoms. The fraction of sp³-hybridized carbons (Fsp3) is 0.0625.